The Balaban J connectivity index is 1.63. The van der Waals surface area contributed by atoms with E-state index in [0.29, 0.717) is 5.95 Å². The van der Waals surface area contributed by atoms with E-state index in [1.54, 1.807) is 12.1 Å². The number of aromatic nitrogens is 3. The monoisotopic (exact) mass is 356 g/mol. The number of rotatable bonds is 4. The van der Waals surface area contributed by atoms with E-state index in [2.05, 4.69) is 25.1 Å². The van der Waals surface area contributed by atoms with Crippen molar-refractivity contribution in [2.75, 3.05) is 41.3 Å². The Kier molecular flexibility index (Phi) is 5.13. The van der Waals surface area contributed by atoms with Crippen molar-refractivity contribution in [3.05, 3.63) is 30.1 Å². The summed E-state index contributed by atoms with van der Waals surface area (Å²) < 4.78 is 13.2. The minimum atomic E-state index is -0.255. The minimum Gasteiger partial charge on any atom is -0.341 e. The summed E-state index contributed by atoms with van der Waals surface area (Å²) >= 11 is 0. The molecule has 1 aromatic carbocycles. The standard InChI is InChI=1S/C19H25FN6/c20-15-7-9-16(10-8-15)21-17-22-18(25-11-3-1-4-12-25)24-19(23-17)26-13-5-2-6-14-26/h7-10H,1-6,11-14H2,(H,21,22,23,24). The molecule has 0 unspecified atom stereocenters. The van der Waals surface area contributed by atoms with Crippen molar-refractivity contribution in [1.29, 1.82) is 0 Å². The van der Waals surface area contributed by atoms with Crippen LogP contribution in [0.25, 0.3) is 0 Å². The van der Waals surface area contributed by atoms with E-state index < -0.39 is 0 Å². The first kappa shape index (κ1) is 17.0. The molecule has 26 heavy (non-hydrogen) atoms. The molecule has 0 saturated carbocycles. The van der Waals surface area contributed by atoms with Crippen molar-refractivity contribution in [3.8, 4) is 0 Å². The first-order chi connectivity index (χ1) is 12.8. The van der Waals surface area contributed by atoms with Crippen molar-refractivity contribution in [2.24, 2.45) is 0 Å². The van der Waals surface area contributed by atoms with Crippen LogP contribution < -0.4 is 15.1 Å². The fourth-order valence-corrected chi connectivity index (χ4v) is 3.54. The van der Waals surface area contributed by atoms with Gasteiger partial charge in [-0.25, -0.2) is 4.39 Å². The summed E-state index contributed by atoms with van der Waals surface area (Å²) in [7, 11) is 0. The fraction of sp³-hybridized carbons (Fsp3) is 0.526. The number of hydrogen-bond donors (Lipinski definition) is 1. The average molecular weight is 356 g/mol. The first-order valence-electron chi connectivity index (χ1n) is 9.56. The topological polar surface area (TPSA) is 57.2 Å². The van der Waals surface area contributed by atoms with E-state index in [0.717, 1.165) is 43.8 Å². The van der Waals surface area contributed by atoms with Gasteiger partial charge in [0.15, 0.2) is 0 Å². The summed E-state index contributed by atoms with van der Waals surface area (Å²) in [6, 6.07) is 6.25. The van der Waals surface area contributed by atoms with Gasteiger partial charge in [0.1, 0.15) is 5.82 Å². The average Bonchev–Trinajstić information content (AvgIpc) is 2.71. The quantitative estimate of drug-likeness (QED) is 0.901. The Bertz CT molecular complexity index is 687. The van der Waals surface area contributed by atoms with E-state index in [9.17, 15) is 4.39 Å². The number of piperidine rings is 2. The lowest BCUT2D eigenvalue weighted by Gasteiger charge is -2.30. The number of hydrogen-bond acceptors (Lipinski definition) is 6. The molecule has 4 rings (SSSR count). The van der Waals surface area contributed by atoms with Crippen LogP contribution >= 0.6 is 0 Å². The fourth-order valence-electron chi connectivity index (χ4n) is 3.54. The second-order valence-corrected chi connectivity index (χ2v) is 6.99. The van der Waals surface area contributed by atoms with Gasteiger partial charge in [-0.1, -0.05) is 0 Å². The SMILES string of the molecule is Fc1ccc(Nc2nc(N3CCCCC3)nc(N3CCCCC3)n2)cc1. The van der Waals surface area contributed by atoms with Gasteiger partial charge < -0.3 is 15.1 Å². The number of nitrogens with one attached hydrogen (secondary N) is 1. The highest BCUT2D eigenvalue weighted by molar-refractivity contribution is 5.56. The van der Waals surface area contributed by atoms with Crippen LogP contribution in [0.15, 0.2) is 24.3 Å². The predicted octanol–water partition coefficient (Wildman–Crippen LogP) is 3.73. The molecule has 0 aliphatic carbocycles. The third-order valence-corrected chi connectivity index (χ3v) is 4.99. The van der Waals surface area contributed by atoms with E-state index in [-0.39, 0.29) is 5.82 Å². The molecule has 1 N–H and O–H groups in total. The molecule has 2 saturated heterocycles. The molecular weight excluding hydrogens is 331 g/mol. The maximum Gasteiger partial charge on any atom is 0.233 e. The van der Waals surface area contributed by atoms with Gasteiger partial charge in [0.25, 0.3) is 0 Å². The van der Waals surface area contributed by atoms with Crippen molar-refractivity contribution in [3.63, 3.8) is 0 Å². The van der Waals surface area contributed by atoms with Crippen LogP contribution in [0.2, 0.25) is 0 Å². The van der Waals surface area contributed by atoms with Crippen molar-refractivity contribution in [1.82, 2.24) is 15.0 Å². The lowest BCUT2D eigenvalue weighted by molar-refractivity contribution is 0.556. The maximum absolute atomic E-state index is 13.2. The zero-order valence-corrected chi connectivity index (χ0v) is 15.0. The summed E-state index contributed by atoms with van der Waals surface area (Å²) in [5.74, 6) is 1.75. The van der Waals surface area contributed by atoms with Crippen molar-refractivity contribution in [2.45, 2.75) is 38.5 Å². The third-order valence-electron chi connectivity index (χ3n) is 4.99. The Morgan fingerprint density at radius 2 is 1.19 bits per heavy atom. The Labute approximate surface area is 153 Å². The number of benzene rings is 1. The van der Waals surface area contributed by atoms with E-state index in [4.69, 9.17) is 4.98 Å². The minimum absolute atomic E-state index is 0.255. The molecule has 2 aromatic rings. The summed E-state index contributed by atoms with van der Waals surface area (Å²) in [5, 5.41) is 3.21. The van der Waals surface area contributed by atoms with Crippen LogP contribution in [0, 0.1) is 5.82 Å². The van der Waals surface area contributed by atoms with Gasteiger partial charge in [0.05, 0.1) is 0 Å². The van der Waals surface area contributed by atoms with Crippen LogP contribution in [0.4, 0.5) is 27.9 Å². The van der Waals surface area contributed by atoms with Crippen LogP contribution in [0.1, 0.15) is 38.5 Å². The molecule has 138 valence electrons. The molecule has 0 radical (unpaired) electrons. The molecule has 3 heterocycles. The molecule has 1 aromatic heterocycles. The highest BCUT2D eigenvalue weighted by atomic mass is 19.1. The van der Waals surface area contributed by atoms with E-state index in [1.807, 2.05) is 0 Å². The number of halogens is 1. The molecule has 0 amide bonds. The lowest BCUT2D eigenvalue weighted by atomic mass is 10.1. The predicted molar refractivity (Wildman–Crippen MR) is 102 cm³/mol. The third kappa shape index (κ3) is 4.03. The van der Waals surface area contributed by atoms with Gasteiger partial charge in [-0.2, -0.15) is 15.0 Å². The molecule has 0 bridgehead atoms. The molecule has 2 aliphatic heterocycles. The summed E-state index contributed by atoms with van der Waals surface area (Å²) in [5.41, 5.74) is 0.770. The second kappa shape index (κ2) is 7.85. The van der Waals surface area contributed by atoms with Gasteiger partial charge >= 0.3 is 0 Å². The second-order valence-electron chi connectivity index (χ2n) is 6.99. The zero-order valence-electron chi connectivity index (χ0n) is 15.0. The van der Waals surface area contributed by atoms with Gasteiger partial charge in [-0.05, 0) is 62.8 Å². The van der Waals surface area contributed by atoms with Gasteiger partial charge in [0.2, 0.25) is 17.8 Å². The Morgan fingerprint density at radius 1 is 0.692 bits per heavy atom. The Morgan fingerprint density at radius 3 is 1.69 bits per heavy atom. The molecule has 2 fully saturated rings. The summed E-state index contributed by atoms with van der Waals surface area (Å²) in [6.45, 7) is 3.94. The lowest BCUT2D eigenvalue weighted by Crippen LogP contribution is -2.34. The molecule has 0 spiro atoms. The molecule has 6 nitrogen and oxygen atoms in total. The Hall–Kier alpha value is -2.44. The normalized spacial score (nSPS) is 18.0. The summed E-state index contributed by atoms with van der Waals surface area (Å²) in [6.07, 6.45) is 7.22. The molecule has 2 aliphatic rings. The van der Waals surface area contributed by atoms with E-state index in [1.165, 1.54) is 50.7 Å². The van der Waals surface area contributed by atoms with Crippen LogP contribution in [0.3, 0.4) is 0 Å². The highest BCUT2D eigenvalue weighted by Gasteiger charge is 2.20. The van der Waals surface area contributed by atoms with Crippen molar-refractivity contribution >= 4 is 23.5 Å². The van der Waals surface area contributed by atoms with Crippen LogP contribution in [-0.4, -0.2) is 41.1 Å². The highest BCUT2D eigenvalue weighted by Crippen LogP contribution is 2.24. The van der Waals surface area contributed by atoms with Gasteiger partial charge in [0, 0.05) is 31.9 Å². The number of anilines is 4. The first-order valence-corrected chi connectivity index (χ1v) is 9.56. The molecule has 0 atom stereocenters. The van der Waals surface area contributed by atoms with Gasteiger partial charge in [-0.3, -0.25) is 0 Å². The largest absolute Gasteiger partial charge is 0.341 e. The van der Waals surface area contributed by atoms with Crippen molar-refractivity contribution < 1.29 is 4.39 Å². The molecular formula is C19H25FN6. The van der Waals surface area contributed by atoms with Crippen LogP contribution in [0.5, 0.6) is 0 Å². The number of nitrogens with zero attached hydrogens (tertiary/aromatic N) is 5. The van der Waals surface area contributed by atoms with Crippen LogP contribution in [-0.2, 0) is 0 Å². The smallest absolute Gasteiger partial charge is 0.233 e. The van der Waals surface area contributed by atoms with E-state index >= 15 is 0 Å². The maximum atomic E-state index is 13.2. The molecule has 7 heteroatoms. The zero-order chi connectivity index (χ0) is 17.8. The summed E-state index contributed by atoms with van der Waals surface area (Å²) in [4.78, 5) is 18.5. The van der Waals surface area contributed by atoms with Gasteiger partial charge in [-0.15, -0.1) is 0 Å².